The van der Waals surface area contributed by atoms with Gasteiger partial charge in [-0.1, -0.05) is 18.6 Å². The first-order valence-electron chi connectivity index (χ1n) is 7.52. The van der Waals surface area contributed by atoms with Crippen molar-refractivity contribution in [1.29, 1.82) is 0 Å². The zero-order valence-corrected chi connectivity index (χ0v) is 14.2. The van der Waals surface area contributed by atoms with Crippen molar-refractivity contribution in [2.45, 2.75) is 24.3 Å². The van der Waals surface area contributed by atoms with E-state index in [-0.39, 0.29) is 12.4 Å². The van der Waals surface area contributed by atoms with Crippen LogP contribution in [-0.2, 0) is 0 Å². The molecule has 0 atom stereocenters. The van der Waals surface area contributed by atoms with Crippen LogP contribution in [-0.4, -0.2) is 27.4 Å². The Morgan fingerprint density at radius 1 is 1.09 bits per heavy atom. The molecule has 0 saturated heterocycles. The van der Waals surface area contributed by atoms with Gasteiger partial charge in [0.05, 0.1) is 10.2 Å². The molecule has 3 nitrogen and oxygen atoms in total. The fraction of sp³-hybridized carbons (Fsp3) is 0.294. The average molecular weight is 348 g/mol. The molecule has 1 N–H and O–H groups in total. The van der Waals surface area contributed by atoms with E-state index < -0.39 is 0 Å². The molecule has 3 rings (SSSR count). The Morgan fingerprint density at radius 3 is 2.70 bits per heavy atom. The van der Waals surface area contributed by atoms with Gasteiger partial charge in [0.2, 0.25) is 0 Å². The van der Waals surface area contributed by atoms with E-state index in [1.165, 1.54) is 12.1 Å². The van der Waals surface area contributed by atoms with Gasteiger partial charge in [-0.15, -0.1) is 23.1 Å². The van der Waals surface area contributed by atoms with Crippen molar-refractivity contribution in [1.82, 2.24) is 9.97 Å². The number of hydrogen-bond donors (Lipinski definition) is 1. The lowest BCUT2D eigenvalue weighted by molar-refractivity contribution is 0.284. The number of thioether (sulfide) groups is 1. The Kier molecular flexibility index (Phi) is 5.59. The fourth-order valence-electron chi connectivity index (χ4n) is 2.25. The van der Waals surface area contributed by atoms with E-state index in [9.17, 15) is 4.39 Å². The summed E-state index contributed by atoms with van der Waals surface area (Å²) in [6.45, 7) is 0.258. The van der Waals surface area contributed by atoms with Crippen LogP contribution in [0.4, 0.5) is 4.39 Å². The lowest BCUT2D eigenvalue weighted by atomic mass is 10.2. The quantitative estimate of drug-likeness (QED) is 0.380. The molecule has 1 aromatic carbocycles. The van der Waals surface area contributed by atoms with Crippen LogP contribution in [0.5, 0.6) is 0 Å². The third-order valence-electron chi connectivity index (χ3n) is 3.45. The predicted octanol–water partition coefficient (Wildman–Crippen LogP) is 4.75. The maximum Gasteiger partial charge on any atom is 0.123 e. The smallest absolute Gasteiger partial charge is 0.123 e. The molecule has 0 aliphatic heterocycles. The summed E-state index contributed by atoms with van der Waals surface area (Å²) in [7, 11) is 0. The van der Waals surface area contributed by atoms with Gasteiger partial charge in [0.15, 0.2) is 0 Å². The average Bonchev–Trinajstić information content (AvgIpc) is 3.00. The van der Waals surface area contributed by atoms with Crippen LogP contribution in [0.25, 0.3) is 20.7 Å². The van der Waals surface area contributed by atoms with Crippen LogP contribution in [0.3, 0.4) is 0 Å². The molecule has 6 heteroatoms. The number of hydrogen-bond acceptors (Lipinski definition) is 5. The molecule has 3 aromatic rings. The second-order valence-electron chi connectivity index (χ2n) is 5.14. The fourth-order valence-corrected chi connectivity index (χ4v) is 4.45. The Bertz CT molecular complexity index is 774. The highest BCUT2D eigenvalue weighted by Crippen LogP contribution is 2.37. The summed E-state index contributed by atoms with van der Waals surface area (Å²) in [6.07, 6.45) is 4.54. The third kappa shape index (κ3) is 4.07. The highest BCUT2D eigenvalue weighted by Gasteiger charge is 2.10. The van der Waals surface area contributed by atoms with E-state index in [4.69, 9.17) is 5.11 Å². The first kappa shape index (κ1) is 16.4. The largest absolute Gasteiger partial charge is 0.396 e. The Labute approximate surface area is 142 Å². The summed E-state index contributed by atoms with van der Waals surface area (Å²) in [5.74, 6) is 0.754. The van der Waals surface area contributed by atoms with E-state index in [1.54, 1.807) is 41.6 Å². The minimum Gasteiger partial charge on any atom is -0.396 e. The molecule has 0 unspecified atom stereocenters. The number of fused-ring (bicyclic) bond motifs is 1. The summed E-state index contributed by atoms with van der Waals surface area (Å²) < 4.78 is 14.1. The van der Waals surface area contributed by atoms with Gasteiger partial charge < -0.3 is 5.11 Å². The van der Waals surface area contributed by atoms with Crippen molar-refractivity contribution in [3.63, 3.8) is 0 Å². The zero-order chi connectivity index (χ0) is 16.1. The summed E-state index contributed by atoms with van der Waals surface area (Å²) >= 11 is 3.37. The lowest BCUT2D eigenvalue weighted by Crippen LogP contribution is -1.87. The first-order chi connectivity index (χ1) is 11.3. The molecule has 23 heavy (non-hydrogen) atoms. The van der Waals surface area contributed by atoms with Crippen molar-refractivity contribution in [2.24, 2.45) is 0 Å². The second-order valence-corrected chi connectivity index (χ2v) is 7.28. The van der Waals surface area contributed by atoms with Gasteiger partial charge in [0.1, 0.15) is 17.2 Å². The van der Waals surface area contributed by atoms with E-state index in [0.717, 1.165) is 50.7 Å². The van der Waals surface area contributed by atoms with Crippen LogP contribution in [0.2, 0.25) is 0 Å². The third-order valence-corrected chi connectivity index (χ3v) is 5.83. The van der Waals surface area contributed by atoms with Crippen LogP contribution < -0.4 is 0 Å². The number of nitrogens with zero attached hydrogens (tertiary/aromatic N) is 2. The summed E-state index contributed by atoms with van der Waals surface area (Å²) in [6, 6.07) is 8.56. The van der Waals surface area contributed by atoms with E-state index in [0.29, 0.717) is 0 Å². The number of aromatic nitrogens is 2. The number of aliphatic hydroxyl groups excluding tert-OH is 1. The molecule has 0 aliphatic carbocycles. The van der Waals surface area contributed by atoms with Crippen LogP contribution in [0.15, 0.2) is 41.7 Å². The van der Waals surface area contributed by atoms with Crippen LogP contribution >= 0.6 is 23.1 Å². The van der Waals surface area contributed by atoms with E-state index in [1.807, 2.05) is 6.07 Å². The molecule has 0 fully saturated rings. The number of halogens is 1. The SMILES string of the molecule is OCCCCCSc1ncnc2cc(-c3ccc(F)cc3)sc12. The minimum absolute atomic E-state index is 0.228. The number of rotatable bonds is 7. The van der Waals surface area contributed by atoms with E-state index in [2.05, 4.69) is 9.97 Å². The van der Waals surface area contributed by atoms with Gasteiger partial charge in [0, 0.05) is 11.5 Å². The summed E-state index contributed by atoms with van der Waals surface area (Å²) in [5.41, 5.74) is 1.93. The number of aliphatic hydroxyl groups is 1. The number of thiophene rings is 1. The van der Waals surface area contributed by atoms with Gasteiger partial charge in [-0.2, -0.15) is 0 Å². The van der Waals surface area contributed by atoms with Crippen molar-refractivity contribution < 1.29 is 9.50 Å². The van der Waals surface area contributed by atoms with Gasteiger partial charge >= 0.3 is 0 Å². The molecule has 2 aromatic heterocycles. The zero-order valence-electron chi connectivity index (χ0n) is 12.5. The molecule has 0 spiro atoms. The summed E-state index contributed by atoms with van der Waals surface area (Å²) in [4.78, 5) is 9.81. The van der Waals surface area contributed by atoms with E-state index >= 15 is 0 Å². The minimum atomic E-state index is -0.228. The topological polar surface area (TPSA) is 46.0 Å². The molecule has 120 valence electrons. The molecule has 0 radical (unpaired) electrons. The highest BCUT2D eigenvalue weighted by atomic mass is 32.2. The number of benzene rings is 1. The molecule has 0 bridgehead atoms. The molecule has 0 amide bonds. The predicted molar refractivity (Wildman–Crippen MR) is 94.5 cm³/mol. The molecule has 0 saturated carbocycles. The van der Waals surface area contributed by atoms with Crippen molar-refractivity contribution in [3.8, 4) is 10.4 Å². The van der Waals surface area contributed by atoms with Crippen molar-refractivity contribution in [3.05, 3.63) is 42.5 Å². The van der Waals surface area contributed by atoms with Gasteiger partial charge in [-0.3, -0.25) is 0 Å². The maximum absolute atomic E-state index is 13.1. The molecule has 0 aliphatic rings. The molecular weight excluding hydrogens is 331 g/mol. The summed E-state index contributed by atoms with van der Waals surface area (Å²) in [5, 5.41) is 9.80. The van der Waals surface area contributed by atoms with Crippen LogP contribution in [0, 0.1) is 5.82 Å². The maximum atomic E-state index is 13.1. The van der Waals surface area contributed by atoms with Crippen LogP contribution in [0.1, 0.15) is 19.3 Å². The van der Waals surface area contributed by atoms with Gasteiger partial charge in [0.25, 0.3) is 0 Å². The first-order valence-corrected chi connectivity index (χ1v) is 9.32. The monoisotopic (exact) mass is 348 g/mol. The standard InChI is InChI=1S/C17H17FN2OS2/c18-13-6-4-12(5-7-13)15-10-14-16(23-15)17(20-11-19-14)22-9-3-1-2-8-21/h4-7,10-11,21H,1-3,8-9H2. The second kappa shape index (κ2) is 7.86. The lowest BCUT2D eigenvalue weighted by Gasteiger charge is -2.01. The van der Waals surface area contributed by atoms with Gasteiger partial charge in [-0.05, 0) is 42.4 Å². The molecule has 2 heterocycles. The van der Waals surface area contributed by atoms with Crippen molar-refractivity contribution in [2.75, 3.05) is 12.4 Å². The normalized spacial score (nSPS) is 11.2. The Balaban J connectivity index is 1.79. The van der Waals surface area contributed by atoms with Crippen molar-refractivity contribution >= 4 is 33.3 Å². The number of unbranched alkanes of at least 4 members (excludes halogenated alkanes) is 2. The Hall–Kier alpha value is -1.50. The molecular formula is C17H17FN2OS2. The van der Waals surface area contributed by atoms with Gasteiger partial charge in [-0.25, -0.2) is 14.4 Å². The Morgan fingerprint density at radius 2 is 1.91 bits per heavy atom. The highest BCUT2D eigenvalue weighted by molar-refractivity contribution is 7.99.